The van der Waals surface area contributed by atoms with E-state index >= 15 is 0 Å². The van der Waals surface area contributed by atoms with Gasteiger partial charge in [-0.15, -0.1) is 5.92 Å². The molecule has 1 atom stereocenters. The molecule has 4 heterocycles. The van der Waals surface area contributed by atoms with Crippen LogP contribution in [0.1, 0.15) is 57.6 Å². The van der Waals surface area contributed by atoms with Gasteiger partial charge in [-0.25, -0.2) is 19.6 Å². The summed E-state index contributed by atoms with van der Waals surface area (Å²) in [6.45, 7) is 8.43. The Hall–Kier alpha value is -4.37. The molecule has 4 aromatic rings. The molecule has 0 bridgehead atoms. The molecule has 1 amide bonds. The maximum atomic E-state index is 14.1. The molecule has 0 spiro atoms. The molecule has 12 nitrogen and oxygen atoms in total. The van der Waals surface area contributed by atoms with Crippen molar-refractivity contribution in [3.05, 3.63) is 55.1 Å². The second-order valence-electron chi connectivity index (χ2n) is 12.3. The summed E-state index contributed by atoms with van der Waals surface area (Å²) in [4.78, 5) is 56.4. The van der Waals surface area contributed by atoms with Crippen LogP contribution in [0.5, 0.6) is 0 Å². The highest BCUT2D eigenvalue weighted by atomic mass is 35.5. The molecule has 2 aliphatic rings. The van der Waals surface area contributed by atoms with Crippen molar-refractivity contribution in [2.24, 2.45) is 7.05 Å². The zero-order valence-corrected chi connectivity index (χ0v) is 26.3. The molecule has 1 aliphatic carbocycles. The van der Waals surface area contributed by atoms with Crippen LogP contribution in [0.15, 0.2) is 21.7 Å². The number of anilines is 1. The zero-order chi connectivity index (χ0) is 31.3. The largest absolute Gasteiger partial charge is 0.444 e. The number of hydrogen-bond acceptors (Lipinski definition) is 8. The fourth-order valence-electron chi connectivity index (χ4n) is 6.08. The minimum absolute atomic E-state index is 0.0894. The smallest absolute Gasteiger partial charge is 0.407 e. The summed E-state index contributed by atoms with van der Waals surface area (Å²) in [6.07, 6.45) is 2.59. The maximum absolute atomic E-state index is 14.1. The molecular weight excluding hydrogens is 584 g/mol. The standard InChI is InChI=1S/C31H35ClN8O4/c1-6-7-15-39-25-26(36-28(39)38-14-8-9-18(16-38)33-29(42)44-31(2,3)4)37(5)30(43)40(27(25)41)17-23-34-21-12-10-19-20(32)11-13-22(35-23)24(19)21/h11,13,18H,8-10,12,14-17H2,1-5H3,(H,33,42). The number of hydrogen-bond donors (Lipinski definition) is 1. The summed E-state index contributed by atoms with van der Waals surface area (Å²) in [6, 6.07) is 3.49. The van der Waals surface area contributed by atoms with E-state index < -0.39 is 22.9 Å². The van der Waals surface area contributed by atoms with E-state index in [4.69, 9.17) is 31.3 Å². The Bertz CT molecular complexity index is 1990. The van der Waals surface area contributed by atoms with E-state index in [1.807, 2.05) is 37.8 Å². The number of carbonyl (C=O) groups is 1. The van der Waals surface area contributed by atoms with Crippen molar-refractivity contribution in [1.82, 2.24) is 34.0 Å². The van der Waals surface area contributed by atoms with Crippen molar-refractivity contribution in [1.29, 1.82) is 0 Å². The summed E-state index contributed by atoms with van der Waals surface area (Å²) in [5.74, 6) is 6.85. The molecule has 1 aliphatic heterocycles. The SMILES string of the molecule is CC#CCn1c(N2CCCC(NC(=O)OC(C)(C)C)C2)nc2c1c(=O)n(Cc1nc3c4c(c(Cl)ccc4n1)CC3)c(=O)n2C. The topological polar surface area (TPSA) is 129 Å². The number of carbonyl (C=O) groups excluding carboxylic acids is 1. The molecule has 3 aromatic heterocycles. The third-order valence-electron chi connectivity index (χ3n) is 8.00. The molecule has 0 radical (unpaired) electrons. The Morgan fingerprint density at radius 1 is 1.16 bits per heavy atom. The van der Waals surface area contributed by atoms with Crippen LogP contribution in [0.25, 0.3) is 22.1 Å². The fourth-order valence-corrected chi connectivity index (χ4v) is 6.33. The lowest BCUT2D eigenvalue weighted by atomic mass is 10.1. The van der Waals surface area contributed by atoms with E-state index in [9.17, 15) is 14.4 Å². The molecule has 1 fully saturated rings. The van der Waals surface area contributed by atoms with Gasteiger partial charge in [0.05, 0.1) is 24.3 Å². The molecule has 13 heteroatoms. The maximum Gasteiger partial charge on any atom is 0.407 e. The average Bonchev–Trinajstić information content (AvgIpc) is 3.57. The Morgan fingerprint density at radius 2 is 1.95 bits per heavy atom. The Kier molecular flexibility index (Phi) is 7.61. The van der Waals surface area contributed by atoms with Crippen LogP contribution in [-0.4, -0.2) is 59.5 Å². The van der Waals surface area contributed by atoms with Crippen LogP contribution in [0.2, 0.25) is 5.02 Å². The van der Waals surface area contributed by atoms with Gasteiger partial charge in [0, 0.05) is 36.6 Å². The number of nitrogens with zero attached hydrogens (tertiary/aromatic N) is 7. The minimum atomic E-state index is -0.609. The van der Waals surface area contributed by atoms with Crippen LogP contribution in [-0.2, 0) is 37.7 Å². The minimum Gasteiger partial charge on any atom is -0.444 e. The highest BCUT2D eigenvalue weighted by Crippen LogP contribution is 2.33. The lowest BCUT2D eigenvalue weighted by Crippen LogP contribution is -2.49. The second kappa shape index (κ2) is 11.3. The average molecular weight is 619 g/mol. The first kappa shape index (κ1) is 29.7. The summed E-state index contributed by atoms with van der Waals surface area (Å²) in [7, 11) is 1.60. The molecule has 6 rings (SSSR count). The number of ether oxygens (including phenoxy) is 1. The van der Waals surface area contributed by atoms with Crippen LogP contribution in [0.3, 0.4) is 0 Å². The second-order valence-corrected chi connectivity index (χ2v) is 12.7. The van der Waals surface area contributed by atoms with Crippen LogP contribution >= 0.6 is 11.6 Å². The number of alkyl carbamates (subject to hydrolysis) is 1. The molecule has 230 valence electrons. The monoisotopic (exact) mass is 618 g/mol. The predicted octanol–water partition coefficient (Wildman–Crippen LogP) is 3.16. The Labute approximate surface area is 259 Å². The van der Waals surface area contributed by atoms with E-state index in [2.05, 4.69) is 17.2 Å². The number of rotatable bonds is 5. The van der Waals surface area contributed by atoms with Gasteiger partial charge >= 0.3 is 11.8 Å². The van der Waals surface area contributed by atoms with Gasteiger partial charge in [0.15, 0.2) is 11.2 Å². The lowest BCUT2D eigenvalue weighted by Gasteiger charge is -2.34. The van der Waals surface area contributed by atoms with E-state index in [1.165, 1.54) is 4.57 Å². The lowest BCUT2D eigenvalue weighted by molar-refractivity contribution is 0.0499. The van der Waals surface area contributed by atoms with E-state index in [0.717, 1.165) is 52.4 Å². The van der Waals surface area contributed by atoms with Crippen LogP contribution < -0.4 is 21.5 Å². The van der Waals surface area contributed by atoms with Crippen molar-refractivity contribution >= 4 is 45.7 Å². The van der Waals surface area contributed by atoms with Gasteiger partial charge < -0.3 is 15.0 Å². The number of imidazole rings is 1. The third-order valence-corrected chi connectivity index (χ3v) is 8.35. The quantitative estimate of drug-likeness (QED) is 0.338. The third kappa shape index (κ3) is 5.41. The highest BCUT2D eigenvalue weighted by molar-refractivity contribution is 6.32. The number of amides is 1. The number of halogens is 1. The fraction of sp³-hybridized carbons (Fsp3) is 0.484. The molecule has 1 unspecified atom stereocenters. The first-order valence-electron chi connectivity index (χ1n) is 14.8. The first-order valence-corrected chi connectivity index (χ1v) is 15.1. The van der Waals surface area contributed by atoms with Crippen molar-refractivity contribution in [2.75, 3.05) is 18.0 Å². The predicted molar refractivity (Wildman–Crippen MR) is 168 cm³/mol. The number of piperidine rings is 1. The summed E-state index contributed by atoms with van der Waals surface area (Å²) in [5, 5.41) is 4.61. The summed E-state index contributed by atoms with van der Waals surface area (Å²) < 4.78 is 9.75. The number of fused-ring (bicyclic) bond motifs is 1. The Balaban J connectivity index is 1.39. The van der Waals surface area contributed by atoms with Gasteiger partial charge in [0.2, 0.25) is 5.95 Å². The van der Waals surface area contributed by atoms with Gasteiger partial charge in [0.25, 0.3) is 5.56 Å². The number of nitrogens with one attached hydrogen (secondary N) is 1. The molecule has 1 N–H and O–H groups in total. The normalized spacial score (nSPS) is 16.3. The summed E-state index contributed by atoms with van der Waals surface area (Å²) >= 11 is 6.39. The number of aromatic nitrogens is 6. The van der Waals surface area contributed by atoms with Gasteiger partial charge in [-0.1, -0.05) is 17.5 Å². The van der Waals surface area contributed by atoms with E-state index in [0.29, 0.717) is 29.9 Å². The zero-order valence-electron chi connectivity index (χ0n) is 25.5. The van der Waals surface area contributed by atoms with E-state index in [1.54, 1.807) is 18.5 Å². The van der Waals surface area contributed by atoms with Gasteiger partial charge in [-0.3, -0.25) is 18.5 Å². The number of benzene rings is 1. The molecular formula is C31H35ClN8O4. The van der Waals surface area contributed by atoms with Crippen molar-refractivity contribution in [3.63, 3.8) is 0 Å². The molecule has 1 aromatic carbocycles. The molecule has 0 saturated carbocycles. The highest BCUT2D eigenvalue weighted by Gasteiger charge is 2.29. The van der Waals surface area contributed by atoms with Crippen molar-refractivity contribution in [2.45, 2.75) is 78.1 Å². The van der Waals surface area contributed by atoms with Crippen LogP contribution in [0.4, 0.5) is 10.7 Å². The molecule has 44 heavy (non-hydrogen) atoms. The first-order chi connectivity index (χ1) is 20.9. The number of aryl methyl sites for hydroxylation is 3. The van der Waals surface area contributed by atoms with Crippen LogP contribution in [0, 0.1) is 11.8 Å². The van der Waals surface area contributed by atoms with Gasteiger partial charge in [-0.05, 0) is 71.1 Å². The van der Waals surface area contributed by atoms with Crippen molar-refractivity contribution in [3.8, 4) is 11.8 Å². The Morgan fingerprint density at radius 3 is 2.70 bits per heavy atom. The van der Waals surface area contributed by atoms with E-state index in [-0.39, 0.29) is 30.3 Å². The molecule has 1 saturated heterocycles. The van der Waals surface area contributed by atoms with Gasteiger partial charge in [-0.2, -0.15) is 4.98 Å². The summed E-state index contributed by atoms with van der Waals surface area (Å²) in [5.41, 5.74) is 1.58. The van der Waals surface area contributed by atoms with Crippen molar-refractivity contribution < 1.29 is 9.53 Å². The van der Waals surface area contributed by atoms with Gasteiger partial charge in [0.1, 0.15) is 11.4 Å².